The largest absolute Gasteiger partial charge is 0.481 e. The van der Waals surface area contributed by atoms with Gasteiger partial charge in [-0.1, -0.05) is 13.0 Å². The van der Waals surface area contributed by atoms with Crippen LogP contribution in [0, 0.1) is 5.92 Å². The quantitative estimate of drug-likeness (QED) is 0.734. The van der Waals surface area contributed by atoms with Gasteiger partial charge in [0.05, 0.1) is 0 Å². The van der Waals surface area contributed by atoms with E-state index in [2.05, 4.69) is 5.32 Å². The molecule has 0 aliphatic carbocycles. The molecule has 2 rings (SSSR count). The number of carboxylic acid groups (broad SMARTS) is 1. The Hall–Kier alpha value is -1.75. The van der Waals surface area contributed by atoms with Gasteiger partial charge in [-0.2, -0.15) is 0 Å². The lowest BCUT2D eigenvalue weighted by atomic mass is 10.1. The average molecular weight is 265 g/mol. The summed E-state index contributed by atoms with van der Waals surface area (Å²) in [6, 6.07) is 5.94. The van der Waals surface area contributed by atoms with E-state index in [0.29, 0.717) is 6.79 Å². The van der Waals surface area contributed by atoms with Gasteiger partial charge in [-0.3, -0.25) is 4.79 Å². The molecule has 0 bridgehead atoms. The van der Waals surface area contributed by atoms with E-state index in [1.165, 1.54) is 5.56 Å². The Labute approximate surface area is 112 Å². The molecule has 1 unspecified atom stereocenters. The first-order valence-corrected chi connectivity index (χ1v) is 6.46. The van der Waals surface area contributed by atoms with Gasteiger partial charge in [-0.25, -0.2) is 0 Å². The van der Waals surface area contributed by atoms with E-state index in [4.69, 9.17) is 14.6 Å². The number of ether oxygens (including phenoxy) is 2. The van der Waals surface area contributed by atoms with Crippen molar-refractivity contribution >= 4 is 5.97 Å². The molecule has 0 saturated heterocycles. The van der Waals surface area contributed by atoms with Crippen LogP contribution in [0.5, 0.6) is 11.5 Å². The van der Waals surface area contributed by atoms with Gasteiger partial charge in [0.2, 0.25) is 6.79 Å². The summed E-state index contributed by atoms with van der Waals surface area (Å²) in [4.78, 5) is 10.5. The molecular formula is C14H19NO4. The van der Waals surface area contributed by atoms with Crippen molar-refractivity contribution in [2.45, 2.75) is 19.8 Å². The van der Waals surface area contributed by atoms with Crippen molar-refractivity contribution in [3.05, 3.63) is 23.8 Å². The molecule has 2 N–H and O–H groups in total. The fourth-order valence-electron chi connectivity index (χ4n) is 2.05. The van der Waals surface area contributed by atoms with Crippen molar-refractivity contribution in [1.29, 1.82) is 0 Å². The van der Waals surface area contributed by atoms with Gasteiger partial charge < -0.3 is 19.9 Å². The lowest BCUT2D eigenvalue weighted by Crippen LogP contribution is -2.24. The number of hydrogen-bond acceptors (Lipinski definition) is 4. The lowest BCUT2D eigenvalue weighted by Gasteiger charge is -2.10. The van der Waals surface area contributed by atoms with E-state index in [1.807, 2.05) is 25.1 Å². The van der Waals surface area contributed by atoms with E-state index in [0.717, 1.165) is 31.0 Å². The molecule has 5 heteroatoms. The highest BCUT2D eigenvalue weighted by Gasteiger charge is 2.13. The molecule has 0 spiro atoms. The maximum absolute atomic E-state index is 10.5. The zero-order valence-corrected chi connectivity index (χ0v) is 11.0. The maximum Gasteiger partial charge on any atom is 0.303 e. The van der Waals surface area contributed by atoms with Gasteiger partial charge in [0, 0.05) is 6.42 Å². The molecule has 1 aliphatic heterocycles. The molecule has 1 aromatic rings. The van der Waals surface area contributed by atoms with Crippen molar-refractivity contribution in [2.24, 2.45) is 5.92 Å². The van der Waals surface area contributed by atoms with Crippen molar-refractivity contribution in [2.75, 3.05) is 19.9 Å². The topological polar surface area (TPSA) is 67.8 Å². The number of aliphatic carboxylic acids is 1. The Morgan fingerprint density at radius 3 is 3.00 bits per heavy atom. The van der Waals surface area contributed by atoms with Crippen LogP contribution >= 0.6 is 0 Å². The summed E-state index contributed by atoms with van der Waals surface area (Å²) < 4.78 is 10.6. The SMILES string of the molecule is CC(CNCCc1ccc2c(c1)OCO2)CC(=O)O. The van der Waals surface area contributed by atoms with Crippen molar-refractivity contribution in [3.8, 4) is 11.5 Å². The molecular weight excluding hydrogens is 246 g/mol. The number of nitrogens with one attached hydrogen (secondary N) is 1. The van der Waals surface area contributed by atoms with Crippen molar-refractivity contribution in [3.63, 3.8) is 0 Å². The summed E-state index contributed by atoms with van der Waals surface area (Å²) in [5, 5.41) is 11.9. The van der Waals surface area contributed by atoms with Crippen molar-refractivity contribution in [1.82, 2.24) is 5.32 Å². The zero-order valence-electron chi connectivity index (χ0n) is 11.0. The normalized spacial score (nSPS) is 14.4. The van der Waals surface area contributed by atoms with E-state index in [9.17, 15) is 4.79 Å². The molecule has 19 heavy (non-hydrogen) atoms. The molecule has 0 amide bonds. The van der Waals surface area contributed by atoms with Crippen LogP contribution in [0.3, 0.4) is 0 Å². The van der Waals surface area contributed by atoms with Crippen LogP contribution in [-0.2, 0) is 11.2 Å². The summed E-state index contributed by atoms with van der Waals surface area (Å²) in [6.07, 6.45) is 1.09. The first-order chi connectivity index (χ1) is 9.15. The third-order valence-corrected chi connectivity index (χ3v) is 3.04. The molecule has 0 fully saturated rings. The second-order valence-corrected chi connectivity index (χ2v) is 4.84. The molecule has 1 atom stereocenters. The second-order valence-electron chi connectivity index (χ2n) is 4.84. The second kappa shape index (κ2) is 6.43. The number of fused-ring (bicyclic) bond motifs is 1. The lowest BCUT2D eigenvalue weighted by molar-refractivity contribution is -0.137. The molecule has 0 saturated carbocycles. The Morgan fingerprint density at radius 1 is 1.42 bits per heavy atom. The monoisotopic (exact) mass is 265 g/mol. The van der Waals surface area contributed by atoms with Gasteiger partial charge in [0.15, 0.2) is 11.5 Å². The minimum Gasteiger partial charge on any atom is -0.481 e. The van der Waals surface area contributed by atoms with Gasteiger partial charge in [-0.05, 0) is 43.1 Å². The van der Waals surface area contributed by atoms with Gasteiger partial charge in [-0.15, -0.1) is 0 Å². The Balaban J connectivity index is 1.70. The third kappa shape index (κ3) is 4.13. The molecule has 5 nitrogen and oxygen atoms in total. The third-order valence-electron chi connectivity index (χ3n) is 3.04. The molecule has 0 aromatic heterocycles. The highest BCUT2D eigenvalue weighted by atomic mass is 16.7. The van der Waals surface area contributed by atoms with Crippen LogP contribution in [0.25, 0.3) is 0 Å². The standard InChI is InChI=1S/C14H19NO4/c1-10(6-14(16)17)8-15-5-4-11-2-3-12-13(7-11)19-9-18-12/h2-3,7,10,15H,4-6,8-9H2,1H3,(H,16,17). The molecule has 1 heterocycles. The van der Waals surface area contributed by atoms with Gasteiger partial charge in [0.25, 0.3) is 0 Å². The van der Waals surface area contributed by atoms with Crippen LogP contribution in [0.1, 0.15) is 18.9 Å². The fraction of sp³-hybridized carbons (Fsp3) is 0.500. The van der Waals surface area contributed by atoms with E-state index < -0.39 is 5.97 Å². The van der Waals surface area contributed by atoms with Crippen LogP contribution in [0.4, 0.5) is 0 Å². The van der Waals surface area contributed by atoms with E-state index in [-0.39, 0.29) is 12.3 Å². The number of rotatable bonds is 7. The zero-order chi connectivity index (χ0) is 13.7. The number of hydrogen-bond donors (Lipinski definition) is 2. The van der Waals surface area contributed by atoms with E-state index >= 15 is 0 Å². The average Bonchev–Trinajstić information content (AvgIpc) is 2.81. The minimum absolute atomic E-state index is 0.147. The summed E-state index contributed by atoms with van der Waals surface area (Å²) in [7, 11) is 0. The summed E-state index contributed by atoms with van der Waals surface area (Å²) >= 11 is 0. The van der Waals surface area contributed by atoms with Crippen molar-refractivity contribution < 1.29 is 19.4 Å². The molecule has 1 aliphatic rings. The highest BCUT2D eigenvalue weighted by molar-refractivity contribution is 5.66. The smallest absolute Gasteiger partial charge is 0.303 e. The van der Waals surface area contributed by atoms with Crippen LogP contribution < -0.4 is 14.8 Å². The summed E-state index contributed by atoms with van der Waals surface area (Å²) in [5.74, 6) is 1.00. The Morgan fingerprint density at radius 2 is 2.21 bits per heavy atom. The van der Waals surface area contributed by atoms with Gasteiger partial charge in [0.1, 0.15) is 0 Å². The van der Waals surface area contributed by atoms with Gasteiger partial charge >= 0.3 is 5.97 Å². The minimum atomic E-state index is -0.745. The molecule has 104 valence electrons. The number of carboxylic acids is 1. The number of benzene rings is 1. The Kier molecular flexibility index (Phi) is 4.63. The predicted octanol–water partition coefficient (Wildman–Crippen LogP) is 1.66. The predicted molar refractivity (Wildman–Crippen MR) is 70.6 cm³/mol. The first-order valence-electron chi connectivity index (χ1n) is 6.46. The summed E-state index contributed by atoms with van der Waals surface area (Å²) in [6.45, 7) is 3.77. The van der Waals surface area contributed by atoms with Crippen LogP contribution in [0.2, 0.25) is 0 Å². The van der Waals surface area contributed by atoms with Crippen LogP contribution in [-0.4, -0.2) is 31.0 Å². The molecule has 1 aromatic carbocycles. The summed E-state index contributed by atoms with van der Waals surface area (Å²) in [5.41, 5.74) is 1.18. The first kappa shape index (κ1) is 13.7. The van der Waals surface area contributed by atoms with Crippen LogP contribution in [0.15, 0.2) is 18.2 Å². The Bertz CT molecular complexity index is 447. The highest BCUT2D eigenvalue weighted by Crippen LogP contribution is 2.32. The molecule has 0 radical (unpaired) electrons. The van der Waals surface area contributed by atoms with E-state index in [1.54, 1.807) is 0 Å². The fourth-order valence-corrected chi connectivity index (χ4v) is 2.05. The number of carbonyl (C=O) groups is 1. The maximum atomic E-state index is 10.5.